The largest absolute Gasteiger partial charge is 0.479 e. The maximum Gasteiger partial charge on any atom is 0.331 e. The average Bonchev–Trinajstić information content (AvgIpc) is 3.16. The second-order valence-corrected chi connectivity index (χ2v) is 6.76. The van der Waals surface area contributed by atoms with Crippen LogP contribution in [0.4, 0.5) is 0 Å². The first-order valence-corrected chi connectivity index (χ1v) is 8.56. The number of ether oxygens (including phenoxy) is 1. The molecule has 1 aliphatic heterocycles. The van der Waals surface area contributed by atoms with Crippen LogP contribution < -0.4 is 5.32 Å². The monoisotopic (exact) mass is 333 g/mol. The summed E-state index contributed by atoms with van der Waals surface area (Å²) in [6.07, 6.45) is 2.15. The minimum absolute atomic E-state index is 0.0449. The fourth-order valence-corrected chi connectivity index (χ4v) is 3.88. The van der Waals surface area contributed by atoms with E-state index >= 15 is 0 Å². The summed E-state index contributed by atoms with van der Waals surface area (Å²) in [5, 5.41) is 15.3. The van der Waals surface area contributed by atoms with Crippen LogP contribution in [0.15, 0.2) is 29.6 Å². The fraction of sp³-hybridized carbons (Fsp3) is 0.412. The fourth-order valence-electron chi connectivity index (χ4n) is 2.88. The molecule has 1 aromatic heterocycles. The Morgan fingerprint density at radius 1 is 1.35 bits per heavy atom. The van der Waals surface area contributed by atoms with E-state index in [1.807, 2.05) is 12.1 Å². The van der Waals surface area contributed by atoms with E-state index in [-0.39, 0.29) is 12.5 Å². The molecule has 5 nitrogen and oxygen atoms in total. The number of thiophene rings is 1. The molecule has 6 heteroatoms. The van der Waals surface area contributed by atoms with Gasteiger partial charge in [-0.2, -0.15) is 0 Å². The van der Waals surface area contributed by atoms with E-state index in [2.05, 4.69) is 22.8 Å². The summed E-state index contributed by atoms with van der Waals surface area (Å²) in [5.74, 6) is -1.25. The highest BCUT2D eigenvalue weighted by molar-refractivity contribution is 7.17. The van der Waals surface area contributed by atoms with Gasteiger partial charge in [0.25, 0.3) is 0 Å². The Morgan fingerprint density at radius 2 is 2.17 bits per heavy atom. The lowest BCUT2D eigenvalue weighted by molar-refractivity contribution is -0.147. The van der Waals surface area contributed by atoms with Crippen LogP contribution in [0.3, 0.4) is 0 Å². The maximum absolute atomic E-state index is 12.1. The molecule has 0 saturated carbocycles. The number of hydrogen-bond donors (Lipinski definition) is 2. The number of nitrogens with one attached hydrogen (secondary N) is 1. The number of carboxylic acid groups (broad SMARTS) is 1. The van der Waals surface area contributed by atoms with Crippen LogP contribution in [0.1, 0.15) is 24.8 Å². The van der Waals surface area contributed by atoms with Gasteiger partial charge in [0.05, 0.1) is 6.61 Å². The van der Waals surface area contributed by atoms with Crippen molar-refractivity contribution >= 4 is 33.3 Å². The lowest BCUT2D eigenvalue weighted by Crippen LogP contribution is -2.55. The molecule has 1 unspecified atom stereocenters. The van der Waals surface area contributed by atoms with Crippen LogP contribution in [0.25, 0.3) is 10.1 Å². The Kier molecular flexibility index (Phi) is 4.63. The van der Waals surface area contributed by atoms with E-state index in [1.54, 1.807) is 11.3 Å². The molecule has 2 aromatic rings. The van der Waals surface area contributed by atoms with Crippen LogP contribution in [-0.4, -0.2) is 35.7 Å². The third-order valence-corrected chi connectivity index (χ3v) is 5.23. The van der Waals surface area contributed by atoms with Gasteiger partial charge in [-0.25, -0.2) is 4.79 Å². The lowest BCUT2D eigenvalue weighted by atomic mass is 9.98. The van der Waals surface area contributed by atoms with Crippen molar-refractivity contribution in [3.63, 3.8) is 0 Å². The van der Waals surface area contributed by atoms with Crippen LogP contribution >= 0.6 is 11.3 Å². The van der Waals surface area contributed by atoms with Crippen molar-refractivity contribution in [3.8, 4) is 0 Å². The predicted molar refractivity (Wildman–Crippen MR) is 88.7 cm³/mol. The van der Waals surface area contributed by atoms with E-state index in [4.69, 9.17) is 4.74 Å². The topological polar surface area (TPSA) is 75.6 Å². The van der Waals surface area contributed by atoms with E-state index in [1.165, 1.54) is 15.6 Å². The van der Waals surface area contributed by atoms with Gasteiger partial charge >= 0.3 is 5.97 Å². The van der Waals surface area contributed by atoms with Gasteiger partial charge in [-0.3, -0.25) is 4.79 Å². The summed E-state index contributed by atoms with van der Waals surface area (Å²) < 4.78 is 6.39. The Hall–Kier alpha value is -1.92. The highest BCUT2D eigenvalue weighted by atomic mass is 32.1. The van der Waals surface area contributed by atoms with E-state index < -0.39 is 11.5 Å². The Morgan fingerprint density at radius 3 is 2.91 bits per heavy atom. The molecule has 1 saturated heterocycles. The van der Waals surface area contributed by atoms with E-state index in [0.29, 0.717) is 25.9 Å². The highest BCUT2D eigenvalue weighted by Gasteiger charge is 2.43. The van der Waals surface area contributed by atoms with Crippen molar-refractivity contribution in [2.24, 2.45) is 0 Å². The van der Waals surface area contributed by atoms with E-state index in [0.717, 1.165) is 6.42 Å². The first kappa shape index (κ1) is 16.0. The van der Waals surface area contributed by atoms with Gasteiger partial charge in [-0.05, 0) is 35.2 Å². The standard InChI is InChI=1S/C17H19NO4S/c19-15(18-17(16(20)21)8-9-22-11-17)7-3-4-12-10-23-14-6-2-1-5-13(12)14/h1-2,5-6,10H,3-4,7-9,11H2,(H,18,19)(H,20,21). The van der Waals surface area contributed by atoms with Gasteiger partial charge in [0.15, 0.2) is 5.54 Å². The molecule has 1 fully saturated rings. The zero-order chi connectivity index (χ0) is 16.3. The molecule has 122 valence electrons. The number of aliphatic carboxylic acids is 1. The molecular formula is C17H19NO4S. The predicted octanol–water partition coefficient (Wildman–Crippen LogP) is 2.58. The van der Waals surface area contributed by atoms with Crippen LogP contribution in [0, 0.1) is 0 Å². The van der Waals surface area contributed by atoms with Crippen molar-refractivity contribution in [1.82, 2.24) is 5.32 Å². The number of rotatable bonds is 6. The van der Waals surface area contributed by atoms with Crippen molar-refractivity contribution in [1.29, 1.82) is 0 Å². The van der Waals surface area contributed by atoms with Crippen molar-refractivity contribution in [3.05, 3.63) is 35.2 Å². The number of hydrogen-bond acceptors (Lipinski definition) is 4. The molecule has 0 radical (unpaired) electrons. The Bertz CT molecular complexity index is 718. The van der Waals surface area contributed by atoms with Gasteiger partial charge in [0.2, 0.25) is 5.91 Å². The SMILES string of the molecule is O=C(CCCc1csc2ccccc12)NC1(C(=O)O)CCOC1. The van der Waals surface area contributed by atoms with Crippen LogP contribution in [0.5, 0.6) is 0 Å². The second-order valence-electron chi connectivity index (χ2n) is 5.85. The number of amides is 1. The minimum Gasteiger partial charge on any atom is -0.479 e. The summed E-state index contributed by atoms with van der Waals surface area (Å²) in [4.78, 5) is 23.4. The molecular weight excluding hydrogens is 314 g/mol. The third-order valence-electron chi connectivity index (χ3n) is 4.22. The maximum atomic E-state index is 12.1. The highest BCUT2D eigenvalue weighted by Crippen LogP contribution is 2.27. The van der Waals surface area contributed by atoms with Crippen molar-refractivity contribution < 1.29 is 19.4 Å². The van der Waals surface area contributed by atoms with Crippen LogP contribution in [-0.2, 0) is 20.7 Å². The molecule has 3 rings (SSSR count). The number of benzene rings is 1. The van der Waals surface area contributed by atoms with Crippen molar-refractivity contribution in [2.45, 2.75) is 31.2 Å². The zero-order valence-corrected chi connectivity index (χ0v) is 13.5. The van der Waals surface area contributed by atoms with Crippen LogP contribution in [0.2, 0.25) is 0 Å². The molecule has 0 bridgehead atoms. The number of aryl methyl sites for hydroxylation is 1. The summed E-state index contributed by atoms with van der Waals surface area (Å²) in [6, 6.07) is 8.22. The lowest BCUT2D eigenvalue weighted by Gasteiger charge is -2.23. The van der Waals surface area contributed by atoms with Gasteiger partial charge in [-0.1, -0.05) is 18.2 Å². The molecule has 0 spiro atoms. The van der Waals surface area contributed by atoms with Gasteiger partial charge in [-0.15, -0.1) is 11.3 Å². The quantitative estimate of drug-likeness (QED) is 0.852. The first-order chi connectivity index (χ1) is 11.1. The van der Waals surface area contributed by atoms with Gasteiger partial charge in [0.1, 0.15) is 0 Å². The molecule has 2 N–H and O–H groups in total. The second kappa shape index (κ2) is 6.68. The smallest absolute Gasteiger partial charge is 0.331 e. The van der Waals surface area contributed by atoms with E-state index in [9.17, 15) is 14.7 Å². The summed E-state index contributed by atoms with van der Waals surface area (Å²) in [5.41, 5.74) is 0.00199. The molecule has 1 aliphatic rings. The molecule has 2 heterocycles. The molecule has 1 atom stereocenters. The number of carbonyl (C=O) groups is 2. The number of carbonyl (C=O) groups excluding carboxylic acids is 1. The van der Waals surface area contributed by atoms with Gasteiger partial charge < -0.3 is 15.2 Å². The first-order valence-electron chi connectivity index (χ1n) is 7.68. The molecule has 1 amide bonds. The summed E-state index contributed by atoms with van der Waals surface area (Å²) >= 11 is 1.71. The number of carboxylic acids is 1. The van der Waals surface area contributed by atoms with Crippen molar-refractivity contribution in [2.75, 3.05) is 13.2 Å². The normalized spacial score (nSPS) is 20.7. The summed E-state index contributed by atoms with van der Waals surface area (Å²) in [7, 11) is 0. The Labute approximate surface area is 138 Å². The zero-order valence-electron chi connectivity index (χ0n) is 12.7. The third kappa shape index (κ3) is 3.38. The number of fused-ring (bicyclic) bond motifs is 1. The molecule has 1 aromatic carbocycles. The minimum atomic E-state index is -1.24. The molecule has 0 aliphatic carbocycles. The molecule has 23 heavy (non-hydrogen) atoms. The summed E-state index contributed by atoms with van der Waals surface area (Å²) in [6.45, 7) is 0.413. The Balaban J connectivity index is 1.54. The average molecular weight is 333 g/mol. The van der Waals surface area contributed by atoms with Gasteiger partial charge in [0, 0.05) is 24.1 Å².